The Balaban J connectivity index is 1.88. The molecule has 0 radical (unpaired) electrons. The van der Waals surface area contributed by atoms with Crippen molar-refractivity contribution in [3.63, 3.8) is 0 Å². The molecule has 1 aromatic carbocycles. The number of carbonyl (C=O) groups is 1. The maximum absolute atomic E-state index is 12.9. The Bertz CT molecular complexity index is 739. The lowest BCUT2D eigenvalue weighted by atomic mass is 9.99. The predicted molar refractivity (Wildman–Crippen MR) is 98.1 cm³/mol. The van der Waals surface area contributed by atoms with Crippen molar-refractivity contribution in [1.82, 2.24) is 9.21 Å². The summed E-state index contributed by atoms with van der Waals surface area (Å²) in [6.07, 6.45) is 5.05. The lowest BCUT2D eigenvalue weighted by Gasteiger charge is -2.31. The highest BCUT2D eigenvalue weighted by molar-refractivity contribution is 7.89. The molecule has 3 rings (SSSR count). The van der Waals surface area contributed by atoms with Gasteiger partial charge in [0.15, 0.2) is 0 Å². The lowest BCUT2D eigenvalue weighted by molar-refractivity contribution is 0.0682. The van der Waals surface area contributed by atoms with E-state index in [0.717, 1.165) is 50.8 Å². The van der Waals surface area contributed by atoms with Crippen molar-refractivity contribution in [2.45, 2.75) is 50.8 Å². The molecule has 25 heavy (non-hydrogen) atoms. The van der Waals surface area contributed by atoms with Crippen LogP contribution in [0.1, 0.15) is 54.9 Å². The van der Waals surface area contributed by atoms with Gasteiger partial charge in [0, 0.05) is 31.7 Å². The molecule has 0 aliphatic carbocycles. The van der Waals surface area contributed by atoms with Gasteiger partial charge in [-0.05, 0) is 56.2 Å². The average Bonchev–Trinajstić information content (AvgIpc) is 2.62. The molecule has 0 bridgehead atoms. The van der Waals surface area contributed by atoms with Crippen LogP contribution in [0, 0.1) is 12.8 Å². The van der Waals surface area contributed by atoms with E-state index < -0.39 is 10.0 Å². The molecule has 1 amide bonds. The molecular formula is C19H28N2O3S. The molecule has 2 heterocycles. The quantitative estimate of drug-likeness (QED) is 0.828. The number of rotatable bonds is 3. The molecular weight excluding hydrogens is 336 g/mol. The number of piperidine rings is 2. The first-order chi connectivity index (χ1) is 11.9. The smallest absolute Gasteiger partial charge is 0.254 e. The summed E-state index contributed by atoms with van der Waals surface area (Å²) in [5, 5.41) is 0. The fourth-order valence-corrected chi connectivity index (χ4v) is 5.33. The van der Waals surface area contributed by atoms with E-state index in [9.17, 15) is 13.2 Å². The van der Waals surface area contributed by atoms with Gasteiger partial charge < -0.3 is 4.90 Å². The standard InChI is InChI=1S/C19H28N2O3S/c1-15-7-6-10-20(14-15)19(22)18-13-17(9-8-16(18)2)25(23,24)21-11-4-3-5-12-21/h8-9,13,15H,3-7,10-12,14H2,1-2H3. The molecule has 0 spiro atoms. The van der Waals surface area contributed by atoms with Crippen LogP contribution in [0.3, 0.4) is 0 Å². The van der Waals surface area contributed by atoms with E-state index in [1.807, 2.05) is 11.8 Å². The van der Waals surface area contributed by atoms with Gasteiger partial charge in [0.2, 0.25) is 10.0 Å². The zero-order valence-corrected chi connectivity index (χ0v) is 16.0. The van der Waals surface area contributed by atoms with Gasteiger partial charge in [-0.15, -0.1) is 0 Å². The molecule has 1 unspecified atom stereocenters. The van der Waals surface area contributed by atoms with Crippen molar-refractivity contribution in [2.75, 3.05) is 26.2 Å². The average molecular weight is 365 g/mol. The summed E-state index contributed by atoms with van der Waals surface area (Å²) >= 11 is 0. The second-order valence-corrected chi connectivity index (χ2v) is 9.38. The van der Waals surface area contributed by atoms with E-state index in [4.69, 9.17) is 0 Å². The molecule has 1 aromatic rings. The Labute approximate surface area is 151 Å². The minimum atomic E-state index is -3.51. The monoisotopic (exact) mass is 364 g/mol. The van der Waals surface area contributed by atoms with Crippen molar-refractivity contribution in [2.24, 2.45) is 5.92 Å². The highest BCUT2D eigenvalue weighted by Crippen LogP contribution is 2.25. The first kappa shape index (κ1) is 18.4. The molecule has 2 saturated heterocycles. The molecule has 1 atom stereocenters. The Morgan fingerprint density at radius 1 is 1.08 bits per heavy atom. The third-order valence-electron chi connectivity index (χ3n) is 5.34. The van der Waals surface area contributed by atoms with Crippen LogP contribution in [0.15, 0.2) is 23.1 Å². The van der Waals surface area contributed by atoms with Gasteiger partial charge in [-0.2, -0.15) is 4.31 Å². The number of nitrogens with zero attached hydrogens (tertiary/aromatic N) is 2. The number of amides is 1. The molecule has 0 N–H and O–H groups in total. The van der Waals surface area contributed by atoms with Crippen LogP contribution in [0.4, 0.5) is 0 Å². The van der Waals surface area contributed by atoms with Crippen molar-refractivity contribution < 1.29 is 13.2 Å². The zero-order chi connectivity index (χ0) is 18.0. The summed E-state index contributed by atoms with van der Waals surface area (Å²) < 4.78 is 27.4. The van der Waals surface area contributed by atoms with Gasteiger partial charge in [-0.3, -0.25) is 4.79 Å². The van der Waals surface area contributed by atoms with Crippen LogP contribution in [0.25, 0.3) is 0 Å². The molecule has 2 aliphatic heterocycles. The van der Waals surface area contributed by atoms with Crippen molar-refractivity contribution in [3.05, 3.63) is 29.3 Å². The van der Waals surface area contributed by atoms with E-state index >= 15 is 0 Å². The first-order valence-electron chi connectivity index (χ1n) is 9.29. The van der Waals surface area contributed by atoms with Gasteiger partial charge in [-0.25, -0.2) is 8.42 Å². The van der Waals surface area contributed by atoms with E-state index in [1.165, 1.54) is 0 Å². The van der Waals surface area contributed by atoms with Crippen LogP contribution < -0.4 is 0 Å². The van der Waals surface area contributed by atoms with E-state index in [2.05, 4.69) is 6.92 Å². The highest BCUT2D eigenvalue weighted by Gasteiger charge is 2.28. The Morgan fingerprint density at radius 2 is 1.80 bits per heavy atom. The summed E-state index contributed by atoms with van der Waals surface area (Å²) in [5.41, 5.74) is 1.35. The maximum Gasteiger partial charge on any atom is 0.254 e. The summed E-state index contributed by atoms with van der Waals surface area (Å²) in [4.78, 5) is 15.1. The number of carbonyl (C=O) groups excluding carboxylic acids is 1. The van der Waals surface area contributed by atoms with Crippen LogP contribution in [-0.4, -0.2) is 49.7 Å². The van der Waals surface area contributed by atoms with Gasteiger partial charge in [0.05, 0.1) is 4.90 Å². The van der Waals surface area contributed by atoms with Gasteiger partial charge >= 0.3 is 0 Å². The second kappa shape index (κ2) is 7.46. The van der Waals surface area contributed by atoms with Crippen molar-refractivity contribution in [1.29, 1.82) is 0 Å². The third-order valence-corrected chi connectivity index (χ3v) is 7.23. The highest BCUT2D eigenvalue weighted by atomic mass is 32.2. The summed E-state index contributed by atoms with van der Waals surface area (Å²) in [5.74, 6) is 0.456. The van der Waals surface area contributed by atoms with Crippen molar-refractivity contribution >= 4 is 15.9 Å². The summed E-state index contributed by atoms with van der Waals surface area (Å²) in [6, 6.07) is 4.98. The van der Waals surface area contributed by atoms with Crippen LogP contribution in [-0.2, 0) is 10.0 Å². The predicted octanol–water partition coefficient (Wildman–Crippen LogP) is 3.04. The molecule has 5 nitrogen and oxygen atoms in total. The van der Waals surface area contributed by atoms with Crippen molar-refractivity contribution in [3.8, 4) is 0 Å². The number of sulfonamides is 1. The van der Waals surface area contributed by atoms with E-state index in [0.29, 0.717) is 24.6 Å². The topological polar surface area (TPSA) is 57.7 Å². The van der Waals surface area contributed by atoms with Crippen LogP contribution in [0.5, 0.6) is 0 Å². The number of benzene rings is 1. The zero-order valence-electron chi connectivity index (χ0n) is 15.2. The maximum atomic E-state index is 12.9. The normalized spacial score (nSPS) is 22.8. The fourth-order valence-electron chi connectivity index (χ4n) is 3.79. The number of hydrogen-bond acceptors (Lipinski definition) is 3. The number of aryl methyl sites for hydroxylation is 1. The largest absolute Gasteiger partial charge is 0.338 e. The number of likely N-dealkylation sites (tertiary alicyclic amines) is 1. The SMILES string of the molecule is Cc1ccc(S(=O)(=O)N2CCCCC2)cc1C(=O)N1CCCC(C)C1. The minimum Gasteiger partial charge on any atom is -0.338 e. The van der Waals surface area contributed by atoms with E-state index in [-0.39, 0.29) is 10.8 Å². The summed E-state index contributed by atoms with van der Waals surface area (Å²) in [6.45, 7) is 6.68. The first-order valence-corrected chi connectivity index (χ1v) is 10.7. The molecule has 6 heteroatoms. The Hall–Kier alpha value is -1.40. The van der Waals surface area contributed by atoms with Gasteiger partial charge in [0.1, 0.15) is 0 Å². The molecule has 0 aromatic heterocycles. The number of hydrogen-bond donors (Lipinski definition) is 0. The van der Waals surface area contributed by atoms with Crippen LogP contribution in [0.2, 0.25) is 0 Å². The molecule has 2 fully saturated rings. The fraction of sp³-hybridized carbons (Fsp3) is 0.632. The second-order valence-electron chi connectivity index (χ2n) is 7.44. The molecule has 2 aliphatic rings. The summed E-state index contributed by atoms with van der Waals surface area (Å²) in [7, 11) is -3.51. The molecule has 0 saturated carbocycles. The minimum absolute atomic E-state index is 0.0419. The van der Waals surface area contributed by atoms with Gasteiger partial charge in [-0.1, -0.05) is 19.4 Å². The lowest BCUT2D eigenvalue weighted by Crippen LogP contribution is -2.39. The van der Waals surface area contributed by atoms with E-state index in [1.54, 1.807) is 22.5 Å². The van der Waals surface area contributed by atoms with Gasteiger partial charge in [0.25, 0.3) is 5.91 Å². The molecule has 138 valence electrons. The Kier molecular flexibility index (Phi) is 5.49. The van der Waals surface area contributed by atoms with Crippen LogP contribution >= 0.6 is 0 Å². The third kappa shape index (κ3) is 3.90. The Morgan fingerprint density at radius 3 is 2.48 bits per heavy atom.